The van der Waals surface area contributed by atoms with E-state index in [1.54, 1.807) is 24.3 Å². The fourth-order valence-corrected chi connectivity index (χ4v) is 1.66. The largest absolute Gasteiger partial charge is 0.481 e. The zero-order valence-electron chi connectivity index (χ0n) is 10.7. The molecule has 0 fully saturated rings. The van der Waals surface area contributed by atoms with Crippen molar-refractivity contribution in [2.45, 2.75) is 6.42 Å². The van der Waals surface area contributed by atoms with Gasteiger partial charge in [-0.25, -0.2) is 9.97 Å². The Kier molecular flexibility index (Phi) is 4.07. The van der Waals surface area contributed by atoms with Gasteiger partial charge in [0.05, 0.1) is 6.42 Å². The van der Waals surface area contributed by atoms with Gasteiger partial charge in [-0.1, -0.05) is 30.3 Å². The van der Waals surface area contributed by atoms with Gasteiger partial charge in [0.1, 0.15) is 0 Å². The van der Waals surface area contributed by atoms with Crippen molar-refractivity contribution in [3.05, 3.63) is 42.7 Å². The monoisotopic (exact) mass is 257 g/mol. The Balaban J connectivity index is 2.08. The van der Waals surface area contributed by atoms with Crippen LogP contribution in [-0.4, -0.2) is 34.6 Å². The molecule has 0 amide bonds. The van der Waals surface area contributed by atoms with E-state index in [0.29, 0.717) is 12.5 Å². The normalized spacial score (nSPS) is 10.2. The number of hydrogen-bond acceptors (Lipinski definition) is 4. The number of carboxylic acids is 1. The Labute approximate surface area is 111 Å². The van der Waals surface area contributed by atoms with Crippen molar-refractivity contribution in [3.8, 4) is 11.1 Å². The molecule has 1 aromatic carbocycles. The highest BCUT2D eigenvalue weighted by atomic mass is 16.4. The van der Waals surface area contributed by atoms with Crippen molar-refractivity contribution < 1.29 is 9.90 Å². The van der Waals surface area contributed by atoms with Crippen LogP contribution in [0.1, 0.15) is 6.42 Å². The van der Waals surface area contributed by atoms with Crippen LogP contribution in [0.3, 0.4) is 0 Å². The van der Waals surface area contributed by atoms with Crippen LogP contribution < -0.4 is 4.90 Å². The van der Waals surface area contributed by atoms with Gasteiger partial charge in [-0.3, -0.25) is 4.79 Å². The number of benzene rings is 1. The molecule has 98 valence electrons. The third kappa shape index (κ3) is 3.51. The number of nitrogens with zero attached hydrogens (tertiary/aromatic N) is 3. The third-order valence-electron chi connectivity index (χ3n) is 2.75. The van der Waals surface area contributed by atoms with Gasteiger partial charge < -0.3 is 10.0 Å². The number of anilines is 1. The highest BCUT2D eigenvalue weighted by molar-refractivity contribution is 5.67. The van der Waals surface area contributed by atoms with Crippen LogP contribution in [0.2, 0.25) is 0 Å². The van der Waals surface area contributed by atoms with Gasteiger partial charge in [-0.05, 0) is 5.56 Å². The lowest BCUT2D eigenvalue weighted by Crippen LogP contribution is -2.22. The second kappa shape index (κ2) is 5.95. The van der Waals surface area contributed by atoms with E-state index in [4.69, 9.17) is 5.11 Å². The van der Waals surface area contributed by atoms with E-state index >= 15 is 0 Å². The number of carbonyl (C=O) groups is 1. The van der Waals surface area contributed by atoms with E-state index in [9.17, 15) is 4.79 Å². The quantitative estimate of drug-likeness (QED) is 0.888. The summed E-state index contributed by atoms with van der Waals surface area (Å²) in [4.78, 5) is 20.7. The second-order valence-corrected chi connectivity index (χ2v) is 4.20. The predicted molar refractivity (Wildman–Crippen MR) is 73.0 cm³/mol. The van der Waals surface area contributed by atoms with Gasteiger partial charge in [-0.2, -0.15) is 0 Å². The van der Waals surface area contributed by atoms with Crippen LogP contribution in [0.4, 0.5) is 5.95 Å². The maximum absolute atomic E-state index is 10.5. The molecule has 5 nitrogen and oxygen atoms in total. The first-order valence-electron chi connectivity index (χ1n) is 5.97. The maximum atomic E-state index is 10.5. The summed E-state index contributed by atoms with van der Waals surface area (Å²) >= 11 is 0. The highest BCUT2D eigenvalue weighted by Crippen LogP contribution is 2.17. The summed E-state index contributed by atoms with van der Waals surface area (Å²) in [6, 6.07) is 9.86. The summed E-state index contributed by atoms with van der Waals surface area (Å²) in [5.41, 5.74) is 2.00. The van der Waals surface area contributed by atoms with Crippen LogP contribution in [0.25, 0.3) is 11.1 Å². The molecule has 1 N–H and O–H groups in total. The molecule has 1 heterocycles. The fraction of sp³-hybridized carbons (Fsp3) is 0.214. The minimum Gasteiger partial charge on any atom is -0.481 e. The zero-order valence-corrected chi connectivity index (χ0v) is 10.7. The van der Waals surface area contributed by atoms with Gasteiger partial charge in [0.15, 0.2) is 0 Å². The molecule has 2 aromatic rings. The third-order valence-corrected chi connectivity index (χ3v) is 2.75. The smallest absolute Gasteiger partial charge is 0.305 e. The molecule has 0 atom stereocenters. The van der Waals surface area contributed by atoms with Crippen molar-refractivity contribution in [1.29, 1.82) is 0 Å². The highest BCUT2D eigenvalue weighted by Gasteiger charge is 2.07. The summed E-state index contributed by atoms with van der Waals surface area (Å²) in [5, 5.41) is 8.63. The van der Waals surface area contributed by atoms with E-state index in [2.05, 4.69) is 9.97 Å². The number of aliphatic carboxylic acids is 1. The first-order chi connectivity index (χ1) is 9.16. The molecule has 0 unspecified atom stereocenters. The van der Waals surface area contributed by atoms with Crippen LogP contribution in [0, 0.1) is 0 Å². The van der Waals surface area contributed by atoms with E-state index < -0.39 is 5.97 Å². The van der Waals surface area contributed by atoms with E-state index in [0.717, 1.165) is 11.1 Å². The lowest BCUT2D eigenvalue weighted by atomic mass is 10.1. The van der Waals surface area contributed by atoms with Crippen molar-refractivity contribution >= 4 is 11.9 Å². The molecule has 0 saturated carbocycles. The number of hydrogen-bond donors (Lipinski definition) is 1. The van der Waals surface area contributed by atoms with Crippen molar-refractivity contribution in [1.82, 2.24) is 9.97 Å². The minimum atomic E-state index is -0.826. The molecule has 0 aliphatic heterocycles. The maximum Gasteiger partial charge on any atom is 0.305 e. The zero-order chi connectivity index (χ0) is 13.7. The Morgan fingerprint density at radius 2 is 1.79 bits per heavy atom. The minimum absolute atomic E-state index is 0.0697. The standard InChI is InChI=1S/C14H15N3O2/c1-17(8-7-13(18)19)14-15-9-12(10-16-14)11-5-3-2-4-6-11/h2-6,9-10H,7-8H2,1H3,(H,18,19). The molecule has 0 aliphatic carbocycles. The predicted octanol–water partition coefficient (Wildman–Crippen LogP) is 2.05. The van der Waals surface area contributed by atoms with Gasteiger partial charge in [0.2, 0.25) is 5.95 Å². The van der Waals surface area contributed by atoms with Crippen molar-refractivity contribution in [2.75, 3.05) is 18.5 Å². The number of aromatic nitrogens is 2. The molecule has 2 rings (SSSR count). The van der Waals surface area contributed by atoms with Crippen molar-refractivity contribution in [2.24, 2.45) is 0 Å². The van der Waals surface area contributed by atoms with Crippen LogP contribution in [-0.2, 0) is 4.79 Å². The van der Waals surface area contributed by atoms with Crippen LogP contribution in [0.15, 0.2) is 42.7 Å². The van der Waals surface area contributed by atoms with Gasteiger partial charge in [-0.15, -0.1) is 0 Å². The lowest BCUT2D eigenvalue weighted by Gasteiger charge is -2.15. The SMILES string of the molecule is CN(CCC(=O)O)c1ncc(-c2ccccc2)cn1. The first kappa shape index (κ1) is 13.0. The molecular formula is C14H15N3O2. The molecule has 0 radical (unpaired) electrons. The molecule has 19 heavy (non-hydrogen) atoms. The van der Waals surface area contributed by atoms with E-state index in [1.807, 2.05) is 30.3 Å². The summed E-state index contributed by atoms with van der Waals surface area (Å²) in [6.45, 7) is 0.389. The molecule has 1 aromatic heterocycles. The number of carboxylic acid groups (broad SMARTS) is 1. The van der Waals surface area contributed by atoms with Crippen molar-refractivity contribution in [3.63, 3.8) is 0 Å². The number of rotatable bonds is 5. The Bertz CT molecular complexity index is 540. The molecule has 5 heteroatoms. The van der Waals surface area contributed by atoms with Gasteiger partial charge >= 0.3 is 5.97 Å². The Morgan fingerprint density at radius 1 is 1.16 bits per heavy atom. The van der Waals surface area contributed by atoms with Gasteiger partial charge in [0, 0.05) is 31.5 Å². The Morgan fingerprint density at radius 3 is 2.37 bits per heavy atom. The van der Waals surface area contributed by atoms with E-state index in [-0.39, 0.29) is 6.42 Å². The summed E-state index contributed by atoms with van der Waals surface area (Å²) < 4.78 is 0. The average molecular weight is 257 g/mol. The summed E-state index contributed by atoms with van der Waals surface area (Å²) in [7, 11) is 1.78. The molecule has 0 bridgehead atoms. The van der Waals surface area contributed by atoms with Gasteiger partial charge in [0.25, 0.3) is 0 Å². The van der Waals surface area contributed by atoms with Crippen LogP contribution >= 0.6 is 0 Å². The molecular weight excluding hydrogens is 242 g/mol. The molecule has 0 aliphatic rings. The topological polar surface area (TPSA) is 66.3 Å². The fourth-order valence-electron chi connectivity index (χ4n) is 1.66. The average Bonchev–Trinajstić information content (AvgIpc) is 2.46. The lowest BCUT2D eigenvalue weighted by molar-refractivity contribution is -0.136. The first-order valence-corrected chi connectivity index (χ1v) is 5.97. The Hall–Kier alpha value is -2.43. The molecule has 0 saturated heterocycles. The molecule has 0 spiro atoms. The second-order valence-electron chi connectivity index (χ2n) is 4.20. The van der Waals surface area contributed by atoms with Crippen LogP contribution in [0.5, 0.6) is 0 Å². The summed E-state index contributed by atoms with van der Waals surface area (Å²) in [6.07, 6.45) is 3.56. The summed E-state index contributed by atoms with van der Waals surface area (Å²) in [5.74, 6) is -0.298. The van der Waals surface area contributed by atoms with E-state index in [1.165, 1.54) is 0 Å².